The molecule has 1 aromatic heterocycles. The molecule has 0 fully saturated rings. The van der Waals surface area contributed by atoms with Crippen LogP contribution in [0.5, 0.6) is 0 Å². The van der Waals surface area contributed by atoms with Crippen LogP contribution in [0.15, 0.2) is 60.7 Å². The van der Waals surface area contributed by atoms with Gasteiger partial charge in [-0.25, -0.2) is 4.98 Å². The van der Waals surface area contributed by atoms with Gasteiger partial charge in [0.05, 0.1) is 16.6 Å². The number of nitriles is 1. The van der Waals surface area contributed by atoms with E-state index in [-0.39, 0.29) is 0 Å². The van der Waals surface area contributed by atoms with Gasteiger partial charge >= 0.3 is 0 Å². The topological polar surface area (TPSA) is 52.5 Å². The van der Waals surface area contributed by atoms with Gasteiger partial charge in [-0.2, -0.15) is 5.26 Å². The molecule has 3 rings (SSSR count). The zero-order valence-corrected chi connectivity index (χ0v) is 12.4. The number of hydrogen-bond donors (Lipinski definition) is 1. The first kappa shape index (κ1) is 14.1. The Labute approximate surface area is 133 Å². The Morgan fingerprint density at radius 2 is 1.91 bits per heavy atom. The van der Waals surface area contributed by atoms with Crippen molar-refractivity contribution in [1.29, 1.82) is 5.26 Å². The molecule has 0 saturated carbocycles. The number of aromatic amines is 1. The summed E-state index contributed by atoms with van der Waals surface area (Å²) < 4.78 is 0. The number of halogens is 1. The minimum Gasteiger partial charge on any atom is -0.337 e. The SMILES string of the molecule is N#C/C(=C\C=C\c1ccccc1Cl)c1nc2ccccc2[nH]1. The second-order valence-corrected chi connectivity index (χ2v) is 5.08. The summed E-state index contributed by atoms with van der Waals surface area (Å²) in [6, 6.07) is 17.4. The zero-order chi connectivity index (χ0) is 15.4. The molecule has 106 valence electrons. The molecule has 2 aromatic carbocycles. The lowest BCUT2D eigenvalue weighted by Gasteiger charge is -1.95. The van der Waals surface area contributed by atoms with Gasteiger partial charge in [0, 0.05) is 5.02 Å². The lowest BCUT2D eigenvalue weighted by Crippen LogP contribution is -1.83. The summed E-state index contributed by atoms with van der Waals surface area (Å²) >= 11 is 6.09. The Bertz CT molecular complexity index is 880. The maximum atomic E-state index is 9.32. The normalized spacial score (nSPS) is 11.9. The highest BCUT2D eigenvalue weighted by Crippen LogP contribution is 2.18. The number of fused-ring (bicyclic) bond motifs is 1. The zero-order valence-electron chi connectivity index (χ0n) is 11.6. The van der Waals surface area contributed by atoms with E-state index in [0.717, 1.165) is 16.6 Å². The van der Waals surface area contributed by atoms with Gasteiger partial charge in [0.15, 0.2) is 0 Å². The monoisotopic (exact) mass is 305 g/mol. The smallest absolute Gasteiger partial charge is 0.149 e. The Hall–Kier alpha value is -2.83. The predicted molar refractivity (Wildman–Crippen MR) is 90.2 cm³/mol. The molecular weight excluding hydrogens is 294 g/mol. The van der Waals surface area contributed by atoms with E-state index < -0.39 is 0 Å². The van der Waals surface area contributed by atoms with Crippen LogP contribution in [0.25, 0.3) is 22.7 Å². The number of benzene rings is 2. The molecular formula is C18H12ClN3. The average molecular weight is 306 g/mol. The molecule has 22 heavy (non-hydrogen) atoms. The molecule has 1 N–H and O–H groups in total. The Morgan fingerprint density at radius 3 is 2.68 bits per heavy atom. The van der Waals surface area contributed by atoms with E-state index in [1.165, 1.54) is 0 Å². The lowest BCUT2D eigenvalue weighted by atomic mass is 10.2. The van der Waals surface area contributed by atoms with Crippen LogP contribution < -0.4 is 0 Å². The summed E-state index contributed by atoms with van der Waals surface area (Å²) in [5.74, 6) is 0.563. The van der Waals surface area contributed by atoms with Gasteiger partial charge < -0.3 is 4.98 Å². The van der Waals surface area contributed by atoms with Crippen molar-refractivity contribution in [2.45, 2.75) is 0 Å². The number of aromatic nitrogens is 2. The highest BCUT2D eigenvalue weighted by Gasteiger charge is 2.06. The molecule has 0 aliphatic rings. The van der Waals surface area contributed by atoms with Crippen molar-refractivity contribution in [3.63, 3.8) is 0 Å². The number of nitrogens with zero attached hydrogens (tertiary/aromatic N) is 2. The molecule has 0 bridgehead atoms. The first-order valence-electron chi connectivity index (χ1n) is 6.76. The predicted octanol–water partition coefficient (Wildman–Crippen LogP) is 4.84. The van der Waals surface area contributed by atoms with Crippen molar-refractivity contribution in [1.82, 2.24) is 9.97 Å². The number of nitrogens with one attached hydrogen (secondary N) is 1. The van der Waals surface area contributed by atoms with Crippen LogP contribution in [0.4, 0.5) is 0 Å². The maximum absolute atomic E-state index is 9.32. The van der Waals surface area contributed by atoms with Crippen LogP contribution in [0.3, 0.4) is 0 Å². The van der Waals surface area contributed by atoms with Crippen LogP contribution in [0.2, 0.25) is 5.02 Å². The van der Waals surface area contributed by atoms with E-state index in [1.54, 1.807) is 12.2 Å². The molecule has 0 amide bonds. The molecule has 0 atom stereocenters. The van der Waals surface area contributed by atoms with Crippen molar-refractivity contribution < 1.29 is 0 Å². The minimum atomic E-state index is 0.472. The van der Waals surface area contributed by atoms with E-state index in [1.807, 2.05) is 54.6 Å². The van der Waals surface area contributed by atoms with Crippen LogP contribution in [-0.4, -0.2) is 9.97 Å². The molecule has 0 unspecified atom stereocenters. The van der Waals surface area contributed by atoms with E-state index in [9.17, 15) is 5.26 Å². The van der Waals surface area contributed by atoms with Gasteiger partial charge in [-0.05, 0) is 29.8 Å². The molecule has 0 radical (unpaired) electrons. The second-order valence-electron chi connectivity index (χ2n) is 4.68. The van der Waals surface area contributed by atoms with Gasteiger partial charge in [-0.1, -0.05) is 54.1 Å². The summed E-state index contributed by atoms with van der Waals surface area (Å²) in [7, 11) is 0. The first-order chi connectivity index (χ1) is 10.8. The molecule has 3 aromatic rings. The number of imidazole rings is 1. The highest BCUT2D eigenvalue weighted by atomic mass is 35.5. The van der Waals surface area contributed by atoms with Gasteiger partial charge in [-0.15, -0.1) is 0 Å². The first-order valence-corrected chi connectivity index (χ1v) is 7.14. The van der Waals surface area contributed by atoms with Gasteiger partial charge in [0.25, 0.3) is 0 Å². The Morgan fingerprint density at radius 1 is 1.14 bits per heavy atom. The highest BCUT2D eigenvalue weighted by molar-refractivity contribution is 6.32. The van der Waals surface area contributed by atoms with Crippen LogP contribution >= 0.6 is 11.6 Å². The van der Waals surface area contributed by atoms with Gasteiger partial charge in [0.1, 0.15) is 11.9 Å². The van der Waals surface area contributed by atoms with Gasteiger partial charge in [-0.3, -0.25) is 0 Å². The van der Waals surface area contributed by atoms with E-state index in [2.05, 4.69) is 16.0 Å². The molecule has 1 heterocycles. The van der Waals surface area contributed by atoms with Crippen molar-refractivity contribution >= 4 is 34.3 Å². The maximum Gasteiger partial charge on any atom is 0.149 e. The number of allylic oxidation sites excluding steroid dienone is 3. The van der Waals surface area contributed by atoms with E-state index in [4.69, 9.17) is 11.6 Å². The summed E-state index contributed by atoms with van der Waals surface area (Å²) in [5, 5.41) is 9.99. The fraction of sp³-hybridized carbons (Fsp3) is 0. The molecule has 0 saturated heterocycles. The van der Waals surface area contributed by atoms with Crippen molar-refractivity contribution in [3.8, 4) is 6.07 Å². The third-order valence-corrected chi connectivity index (χ3v) is 3.55. The Balaban J connectivity index is 1.91. The Kier molecular flexibility index (Phi) is 4.04. The molecule has 0 aliphatic carbocycles. The third kappa shape index (κ3) is 2.93. The van der Waals surface area contributed by atoms with E-state index >= 15 is 0 Å². The molecule has 3 nitrogen and oxygen atoms in total. The lowest BCUT2D eigenvalue weighted by molar-refractivity contribution is 1.27. The van der Waals surface area contributed by atoms with Crippen LogP contribution in [0, 0.1) is 11.3 Å². The van der Waals surface area contributed by atoms with Crippen molar-refractivity contribution in [2.75, 3.05) is 0 Å². The second kappa shape index (κ2) is 6.30. The fourth-order valence-electron chi connectivity index (χ4n) is 2.11. The summed E-state index contributed by atoms with van der Waals surface area (Å²) in [5.41, 5.74) is 3.13. The standard InChI is InChI=1S/C18H12ClN3/c19-15-9-2-1-6-13(15)7-5-8-14(12-20)18-21-16-10-3-4-11-17(16)22-18/h1-11H,(H,21,22)/b7-5+,14-8+. The fourth-order valence-corrected chi connectivity index (χ4v) is 2.31. The molecule has 0 spiro atoms. The number of rotatable bonds is 3. The third-order valence-electron chi connectivity index (χ3n) is 3.21. The summed E-state index contributed by atoms with van der Waals surface area (Å²) in [4.78, 5) is 7.57. The van der Waals surface area contributed by atoms with Crippen LogP contribution in [-0.2, 0) is 0 Å². The van der Waals surface area contributed by atoms with Crippen LogP contribution in [0.1, 0.15) is 11.4 Å². The number of H-pyrrole nitrogens is 1. The van der Waals surface area contributed by atoms with Crippen molar-refractivity contribution in [2.24, 2.45) is 0 Å². The largest absolute Gasteiger partial charge is 0.337 e. The minimum absolute atomic E-state index is 0.472. The number of hydrogen-bond acceptors (Lipinski definition) is 2. The van der Waals surface area contributed by atoms with E-state index in [0.29, 0.717) is 16.4 Å². The quantitative estimate of drug-likeness (QED) is 0.556. The molecule has 4 heteroatoms. The molecule has 0 aliphatic heterocycles. The summed E-state index contributed by atoms with van der Waals surface area (Å²) in [6.45, 7) is 0. The number of para-hydroxylation sites is 2. The van der Waals surface area contributed by atoms with Gasteiger partial charge in [0.2, 0.25) is 0 Å². The summed E-state index contributed by atoms with van der Waals surface area (Å²) in [6.07, 6.45) is 5.39. The van der Waals surface area contributed by atoms with Crippen molar-refractivity contribution in [3.05, 3.63) is 77.1 Å². The average Bonchev–Trinajstić information content (AvgIpc) is 2.97.